The number of hydrogen-bond acceptors (Lipinski definition) is 2. The van der Waals surface area contributed by atoms with Gasteiger partial charge in [-0.2, -0.15) is 0 Å². The fourth-order valence-corrected chi connectivity index (χ4v) is 2.88. The smallest absolute Gasteiger partial charge is 0.255 e. The van der Waals surface area contributed by atoms with Crippen LogP contribution in [0.4, 0.5) is 5.69 Å². The molecule has 20 heavy (non-hydrogen) atoms. The molecule has 102 valence electrons. The molecule has 1 aliphatic rings. The highest BCUT2D eigenvalue weighted by Crippen LogP contribution is 2.24. The number of rotatable bonds is 2. The summed E-state index contributed by atoms with van der Waals surface area (Å²) >= 11 is 3.45. The van der Waals surface area contributed by atoms with E-state index < -0.39 is 0 Å². The SMILES string of the molecule is O=C(Nc1ccccc1Br)c1cccc2c1CCNC2. The molecule has 0 atom stereocenters. The number of para-hydroxylation sites is 1. The number of carbonyl (C=O) groups is 1. The lowest BCUT2D eigenvalue weighted by molar-refractivity contribution is 0.102. The summed E-state index contributed by atoms with van der Waals surface area (Å²) < 4.78 is 0.889. The molecule has 0 radical (unpaired) electrons. The van der Waals surface area contributed by atoms with Crippen molar-refractivity contribution in [2.45, 2.75) is 13.0 Å². The minimum absolute atomic E-state index is 0.0457. The van der Waals surface area contributed by atoms with Crippen LogP contribution >= 0.6 is 15.9 Å². The molecule has 0 unspecified atom stereocenters. The van der Waals surface area contributed by atoms with Crippen molar-refractivity contribution in [2.75, 3.05) is 11.9 Å². The number of halogens is 1. The average molecular weight is 331 g/mol. The third-order valence-corrected chi connectivity index (χ3v) is 4.20. The maximum atomic E-state index is 12.5. The van der Waals surface area contributed by atoms with Crippen LogP contribution in [0.1, 0.15) is 21.5 Å². The van der Waals surface area contributed by atoms with E-state index in [4.69, 9.17) is 0 Å². The summed E-state index contributed by atoms with van der Waals surface area (Å²) in [5.74, 6) is -0.0457. The van der Waals surface area contributed by atoms with Crippen LogP contribution in [-0.2, 0) is 13.0 Å². The van der Waals surface area contributed by atoms with E-state index >= 15 is 0 Å². The molecule has 0 aliphatic carbocycles. The van der Waals surface area contributed by atoms with Crippen molar-refractivity contribution < 1.29 is 4.79 Å². The van der Waals surface area contributed by atoms with Crippen molar-refractivity contribution in [1.29, 1.82) is 0 Å². The van der Waals surface area contributed by atoms with Gasteiger partial charge >= 0.3 is 0 Å². The summed E-state index contributed by atoms with van der Waals surface area (Å²) in [6, 6.07) is 13.6. The molecule has 1 aliphatic heterocycles. The Hall–Kier alpha value is -1.65. The number of fused-ring (bicyclic) bond motifs is 1. The Morgan fingerprint density at radius 2 is 2.00 bits per heavy atom. The van der Waals surface area contributed by atoms with Crippen molar-refractivity contribution in [3.05, 3.63) is 63.6 Å². The Kier molecular flexibility index (Phi) is 3.85. The minimum Gasteiger partial charge on any atom is -0.321 e. The van der Waals surface area contributed by atoms with E-state index in [0.717, 1.165) is 40.8 Å². The molecule has 0 saturated carbocycles. The molecule has 0 spiro atoms. The predicted octanol–water partition coefficient (Wildman–Crippen LogP) is 3.35. The summed E-state index contributed by atoms with van der Waals surface area (Å²) in [5.41, 5.74) is 3.95. The first kappa shape index (κ1) is 13.3. The molecule has 2 N–H and O–H groups in total. The molecule has 0 saturated heterocycles. The molecule has 3 rings (SSSR count). The molecule has 3 nitrogen and oxygen atoms in total. The van der Waals surface area contributed by atoms with Crippen LogP contribution < -0.4 is 10.6 Å². The van der Waals surface area contributed by atoms with Gasteiger partial charge in [0.1, 0.15) is 0 Å². The van der Waals surface area contributed by atoms with Gasteiger partial charge in [-0.25, -0.2) is 0 Å². The first-order chi connectivity index (χ1) is 9.75. The van der Waals surface area contributed by atoms with Gasteiger partial charge < -0.3 is 10.6 Å². The lowest BCUT2D eigenvalue weighted by Gasteiger charge is -2.20. The zero-order valence-electron chi connectivity index (χ0n) is 10.9. The lowest BCUT2D eigenvalue weighted by atomic mass is 9.95. The van der Waals surface area contributed by atoms with Gasteiger partial charge in [-0.15, -0.1) is 0 Å². The Bertz CT molecular complexity index is 655. The molecule has 2 aromatic carbocycles. The maximum Gasteiger partial charge on any atom is 0.255 e. The monoisotopic (exact) mass is 330 g/mol. The van der Waals surface area contributed by atoms with Gasteiger partial charge in [0, 0.05) is 16.6 Å². The van der Waals surface area contributed by atoms with Crippen LogP contribution in [0.25, 0.3) is 0 Å². The van der Waals surface area contributed by atoms with E-state index in [9.17, 15) is 4.79 Å². The molecular weight excluding hydrogens is 316 g/mol. The molecule has 0 aromatic heterocycles. The van der Waals surface area contributed by atoms with Crippen LogP contribution in [-0.4, -0.2) is 12.5 Å². The topological polar surface area (TPSA) is 41.1 Å². The zero-order valence-corrected chi connectivity index (χ0v) is 12.5. The van der Waals surface area contributed by atoms with Gasteiger partial charge in [0.15, 0.2) is 0 Å². The number of benzene rings is 2. The lowest BCUT2D eigenvalue weighted by Crippen LogP contribution is -2.26. The Balaban J connectivity index is 1.90. The van der Waals surface area contributed by atoms with E-state index in [1.54, 1.807) is 0 Å². The van der Waals surface area contributed by atoms with E-state index in [0.29, 0.717) is 0 Å². The van der Waals surface area contributed by atoms with Crippen LogP contribution in [0.2, 0.25) is 0 Å². The largest absolute Gasteiger partial charge is 0.321 e. The number of carbonyl (C=O) groups excluding carboxylic acids is 1. The average Bonchev–Trinajstić information content (AvgIpc) is 2.49. The van der Waals surface area contributed by atoms with Gasteiger partial charge in [0.2, 0.25) is 0 Å². The summed E-state index contributed by atoms with van der Waals surface area (Å²) in [5, 5.41) is 6.30. The molecule has 4 heteroatoms. The first-order valence-corrected chi connectivity index (χ1v) is 7.42. The van der Waals surface area contributed by atoms with E-state index in [1.165, 1.54) is 5.56 Å². The normalized spacial score (nSPS) is 13.7. The van der Waals surface area contributed by atoms with Crippen molar-refractivity contribution in [2.24, 2.45) is 0 Å². The fraction of sp³-hybridized carbons (Fsp3) is 0.188. The molecular formula is C16H15BrN2O. The highest BCUT2D eigenvalue weighted by atomic mass is 79.9. The third kappa shape index (κ3) is 2.62. The summed E-state index contributed by atoms with van der Waals surface area (Å²) in [7, 11) is 0. The highest BCUT2D eigenvalue weighted by Gasteiger charge is 2.17. The second-order valence-corrected chi connectivity index (χ2v) is 5.66. The quantitative estimate of drug-likeness (QED) is 0.886. The number of amides is 1. The van der Waals surface area contributed by atoms with E-state index in [-0.39, 0.29) is 5.91 Å². The van der Waals surface area contributed by atoms with Crippen molar-refractivity contribution in [3.8, 4) is 0 Å². The standard InChI is InChI=1S/C16H15BrN2O/c17-14-6-1-2-7-15(14)19-16(20)13-5-3-4-11-10-18-9-8-12(11)13/h1-7,18H,8-10H2,(H,19,20). The van der Waals surface area contributed by atoms with Gasteiger partial charge in [-0.3, -0.25) is 4.79 Å². The van der Waals surface area contributed by atoms with Crippen molar-refractivity contribution in [1.82, 2.24) is 5.32 Å². The van der Waals surface area contributed by atoms with Crippen LogP contribution in [0, 0.1) is 0 Å². The first-order valence-electron chi connectivity index (χ1n) is 6.63. The van der Waals surface area contributed by atoms with Gasteiger partial charge in [-0.05, 0) is 58.2 Å². The number of nitrogens with one attached hydrogen (secondary N) is 2. The Morgan fingerprint density at radius 1 is 1.15 bits per heavy atom. The molecule has 2 aromatic rings. The maximum absolute atomic E-state index is 12.5. The summed E-state index contributed by atoms with van der Waals surface area (Å²) in [6.45, 7) is 1.76. The van der Waals surface area contributed by atoms with Crippen LogP contribution in [0.15, 0.2) is 46.9 Å². The highest BCUT2D eigenvalue weighted by molar-refractivity contribution is 9.10. The van der Waals surface area contributed by atoms with E-state index in [2.05, 4.69) is 32.6 Å². The van der Waals surface area contributed by atoms with Gasteiger partial charge in [0.05, 0.1) is 5.69 Å². The second-order valence-electron chi connectivity index (χ2n) is 4.80. The van der Waals surface area contributed by atoms with Crippen molar-refractivity contribution in [3.63, 3.8) is 0 Å². The van der Waals surface area contributed by atoms with Crippen LogP contribution in [0.5, 0.6) is 0 Å². The number of anilines is 1. The van der Waals surface area contributed by atoms with Crippen LogP contribution in [0.3, 0.4) is 0 Å². The van der Waals surface area contributed by atoms with E-state index in [1.807, 2.05) is 36.4 Å². The Morgan fingerprint density at radius 3 is 2.85 bits per heavy atom. The molecule has 1 amide bonds. The summed E-state index contributed by atoms with van der Waals surface area (Å²) in [4.78, 5) is 12.5. The van der Waals surface area contributed by atoms with Gasteiger partial charge in [0.25, 0.3) is 5.91 Å². The van der Waals surface area contributed by atoms with Gasteiger partial charge in [-0.1, -0.05) is 24.3 Å². The second kappa shape index (κ2) is 5.77. The molecule has 1 heterocycles. The number of hydrogen-bond donors (Lipinski definition) is 2. The Labute approximate surface area is 126 Å². The third-order valence-electron chi connectivity index (χ3n) is 3.51. The zero-order chi connectivity index (χ0) is 13.9. The predicted molar refractivity (Wildman–Crippen MR) is 83.9 cm³/mol. The molecule has 0 bridgehead atoms. The fourth-order valence-electron chi connectivity index (χ4n) is 2.50. The summed E-state index contributed by atoms with van der Waals surface area (Å²) in [6.07, 6.45) is 0.898. The minimum atomic E-state index is -0.0457. The van der Waals surface area contributed by atoms with Crippen molar-refractivity contribution >= 4 is 27.5 Å². The molecule has 0 fully saturated rings.